The summed E-state index contributed by atoms with van der Waals surface area (Å²) >= 11 is 3.35. The van der Waals surface area contributed by atoms with E-state index in [1.165, 1.54) is 18.3 Å². The van der Waals surface area contributed by atoms with Gasteiger partial charge in [0.15, 0.2) is 6.61 Å². The number of nitrogens with one attached hydrogen (secondary N) is 1. The van der Waals surface area contributed by atoms with Gasteiger partial charge in [-0.05, 0) is 55.3 Å². The number of aryl methyl sites for hydroxylation is 2. The first-order valence-electron chi connectivity index (χ1n) is 10.0. The predicted molar refractivity (Wildman–Crippen MR) is 129 cm³/mol. The SMILES string of the molecule is Cc1cc([N+](=O)[O-])cc(C)c1OCC(=O)NN=Cc1cc(Br)ccc1OC(=O)c1ccccc1. The molecule has 0 aliphatic heterocycles. The summed E-state index contributed by atoms with van der Waals surface area (Å²) in [5.74, 6) is -0.398. The van der Waals surface area contributed by atoms with E-state index in [4.69, 9.17) is 9.47 Å². The average molecular weight is 526 g/mol. The first kappa shape index (κ1) is 24.6. The van der Waals surface area contributed by atoms with E-state index in [0.29, 0.717) is 28.0 Å². The van der Waals surface area contributed by atoms with Gasteiger partial charge in [0.25, 0.3) is 11.6 Å². The summed E-state index contributed by atoms with van der Waals surface area (Å²) in [6.45, 7) is 2.99. The Bertz CT molecular complexity index is 1240. The number of ether oxygens (including phenoxy) is 2. The lowest BCUT2D eigenvalue weighted by Gasteiger charge is -2.11. The highest BCUT2D eigenvalue weighted by atomic mass is 79.9. The standard InChI is InChI=1S/C24H20BrN3O6/c1-15-10-20(28(31)32)11-16(2)23(15)33-14-22(29)27-26-13-18-12-19(25)8-9-21(18)34-24(30)17-6-4-3-5-7-17/h3-13H,14H2,1-2H3,(H,27,29). The van der Waals surface area contributed by atoms with Gasteiger partial charge >= 0.3 is 5.97 Å². The van der Waals surface area contributed by atoms with Gasteiger partial charge in [-0.3, -0.25) is 14.9 Å². The molecule has 0 aliphatic rings. The van der Waals surface area contributed by atoms with E-state index in [1.54, 1.807) is 62.4 Å². The third-order valence-corrected chi connectivity index (χ3v) is 5.07. The van der Waals surface area contributed by atoms with Gasteiger partial charge in [0, 0.05) is 22.2 Å². The first-order valence-corrected chi connectivity index (χ1v) is 10.8. The van der Waals surface area contributed by atoms with Crippen LogP contribution in [0.3, 0.4) is 0 Å². The number of carbonyl (C=O) groups excluding carboxylic acids is 2. The summed E-state index contributed by atoms with van der Waals surface area (Å²) in [5, 5.41) is 14.9. The van der Waals surface area contributed by atoms with Crippen LogP contribution in [0.5, 0.6) is 11.5 Å². The van der Waals surface area contributed by atoms with E-state index >= 15 is 0 Å². The number of nitro groups is 1. The summed E-state index contributed by atoms with van der Waals surface area (Å²) in [6.07, 6.45) is 1.35. The van der Waals surface area contributed by atoms with Gasteiger partial charge in [0.1, 0.15) is 11.5 Å². The summed E-state index contributed by atoms with van der Waals surface area (Å²) in [6, 6.07) is 16.3. The Kier molecular flexibility index (Phi) is 8.10. The van der Waals surface area contributed by atoms with Crippen molar-refractivity contribution in [1.82, 2.24) is 5.43 Å². The fourth-order valence-electron chi connectivity index (χ4n) is 3.05. The van der Waals surface area contributed by atoms with Gasteiger partial charge in [-0.2, -0.15) is 5.10 Å². The fourth-order valence-corrected chi connectivity index (χ4v) is 3.43. The van der Waals surface area contributed by atoms with Crippen LogP contribution in [0.1, 0.15) is 27.0 Å². The lowest BCUT2D eigenvalue weighted by Crippen LogP contribution is -2.25. The number of amides is 1. The molecular weight excluding hydrogens is 506 g/mol. The number of halogens is 1. The normalized spacial score (nSPS) is 10.7. The highest BCUT2D eigenvalue weighted by Gasteiger charge is 2.14. The molecule has 9 nitrogen and oxygen atoms in total. The van der Waals surface area contributed by atoms with Crippen molar-refractivity contribution >= 4 is 39.7 Å². The van der Waals surface area contributed by atoms with Crippen LogP contribution < -0.4 is 14.9 Å². The zero-order chi connectivity index (χ0) is 24.7. The summed E-state index contributed by atoms with van der Waals surface area (Å²) in [4.78, 5) is 35.0. The Morgan fingerprint density at radius 3 is 2.41 bits per heavy atom. The summed E-state index contributed by atoms with van der Waals surface area (Å²) in [7, 11) is 0. The fraction of sp³-hybridized carbons (Fsp3) is 0.125. The number of benzene rings is 3. The van der Waals surface area contributed by atoms with E-state index in [-0.39, 0.29) is 18.0 Å². The van der Waals surface area contributed by atoms with E-state index < -0.39 is 16.8 Å². The second-order valence-corrected chi connectivity index (χ2v) is 8.10. The molecule has 0 heterocycles. The van der Waals surface area contributed by atoms with Crippen molar-refractivity contribution in [3.05, 3.63) is 97.5 Å². The maximum atomic E-state index is 12.4. The molecule has 3 rings (SSSR count). The van der Waals surface area contributed by atoms with Crippen molar-refractivity contribution in [2.24, 2.45) is 5.10 Å². The van der Waals surface area contributed by atoms with Gasteiger partial charge in [0.2, 0.25) is 0 Å². The number of nitrogens with zero attached hydrogens (tertiary/aromatic N) is 2. The van der Waals surface area contributed by atoms with Crippen LogP contribution in [-0.2, 0) is 4.79 Å². The molecule has 0 fully saturated rings. The Morgan fingerprint density at radius 1 is 1.09 bits per heavy atom. The molecule has 3 aromatic carbocycles. The van der Waals surface area contributed by atoms with Crippen LogP contribution >= 0.6 is 15.9 Å². The molecule has 0 spiro atoms. The number of hydrogen-bond acceptors (Lipinski definition) is 7. The molecular formula is C24H20BrN3O6. The smallest absolute Gasteiger partial charge is 0.343 e. The molecule has 1 N–H and O–H groups in total. The molecule has 0 atom stereocenters. The average Bonchev–Trinajstić information content (AvgIpc) is 2.80. The molecule has 0 saturated carbocycles. The van der Waals surface area contributed by atoms with E-state index in [9.17, 15) is 19.7 Å². The van der Waals surface area contributed by atoms with Crippen LogP contribution in [0, 0.1) is 24.0 Å². The number of esters is 1. The number of rotatable bonds is 8. The predicted octanol–water partition coefficient (Wildman–Crippen LogP) is 4.72. The van der Waals surface area contributed by atoms with Gasteiger partial charge in [0.05, 0.1) is 16.7 Å². The maximum absolute atomic E-state index is 12.4. The minimum atomic E-state index is -0.536. The van der Waals surface area contributed by atoms with Crippen LogP contribution in [-0.4, -0.2) is 29.6 Å². The molecule has 0 bridgehead atoms. The van der Waals surface area contributed by atoms with Gasteiger partial charge in [-0.15, -0.1) is 0 Å². The zero-order valence-corrected chi connectivity index (χ0v) is 19.9. The van der Waals surface area contributed by atoms with Crippen molar-refractivity contribution in [2.45, 2.75) is 13.8 Å². The number of nitro benzene ring substituents is 1. The van der Waals surface area contributed by atoms with E-state index in [2.05, 4.69) is 26.5 Å². The van der Waals surface area contributed by atoms with E-state index in [1.807, 2.05) is 0 Å². The Labute approximate surface area is 203 Å². The van der Waals surface area contributed by atoms with Crippen molar-refractivity contribution in [2.75, 3.05) is 6.61 Å². The van der Waals surface area contributed by atoms with Crippen molar-refractivity contribution in [1.29, 1.82) is 0 Å². The highest BCUT2D eigenvalue weighted by molar-refractivity contribution is 9.10. The topological polar surface area (TPSA) is 120 Å². The first-order chi connectivity index (χ1) is 16.2. The minimum Gasteiger partial charge on any atom is -0.483 e. The monoisotopic (exact) mass is 525 g/mol. The molecule has 1 amide bonds. The van der Waals surface area contributed by atoms with Gasteiger partial charge in [-0.1, -0.05) is 34.1 Å². The molecule has 0 radical (unpaired) electrons. The second-order valence-electron chi connectivity index (χ2n) is 7.19. The summed E-state index contributed by atoms with van der Waals surface area (Å²) in [5.41, 5.74) is 4.24. The molecule has 34 heavy (non-hydrogen) atoms. The Hall–Kier alpha value is -4.05. The zero-order valence-electron chi connectivity index (χ0n) is 18.3. The van der Waals surface area contributed by atoms with Crippen LogP contribution in [0.25, 0.3) is 0 Å². The van der Waals surface area contributed by atoms with Crippen LogP contribution in [0.4, 0.5) is 5.69 Å². The minimum absolute atomic E-state index is 0.0470. The summed E-state index contributed by atoms with van der Waals surface area (Å²) < 4.78 is 11.7. The van der Waals surface area contributed by atoms with Crippen molar-refractivity contribution < 1.29 is 24.0 Å². The van der Waals surface area contributed by atoms with Gasteiger partial charge < -0.3 is 9.47 Å². The molecule has 0 aliphatic carbocycles. The van der Waals surface area contributed by atoms with Crippen molar-refractivity contribution in [3.63, 3.8) is 0 Å². The third-order valence-electron chi connectivity index (χ3n) is 4.58. The number of non-ortho nitro benzene ring substituents is 1. The third kappa shape index (κ3) is 6.48. The lowest BCUT2D eigenvalue weighted by molar-refractivity contribution is -0.385. The number of hydrogen-bond donors (Lipinski definition) is 1. The highest BCUT2D eigenvalue weighted by Crippen LogP contribution is 2.28. The quantitative estimate of drug-likeness (QED) is 0.149. The number of carbonyl (C=O) groups is 2. The Balaban J connectivity index is 1.63. The Morgan fingerprint density at radius 2 is 1.76 bits per heavy atom. The lowest BCUT2D eigenvalue weighted by atomic mass is 10.1. The van der Waals surface area contributed by atoms with E-state index in [0.717, 1.165) is 4.47 Å². The molecule has 10 heteroatoms. The number of hydrazone groups is 1. The van der Waals surface area contributed by atoms with Gasteiger partial charge in [-0.25, -0.2) is 10.2 Å². The molecule has 0 unspecified atom stereocenters. The molecule has 174 valence electrons. The molecule has 0 saturated heterocycles. The molecule has 3 aromatic rings. The maximum Gasteiger partial charge on any atom is 0.343 e. The molecule has 0 aromatic heterocycles. The van der Waals surface area contributed by atoms with Crippen LogP contribution in [0.2, 0.25) is 0 Å². The second kappa shape index (κ2) is 11.2. The van der Waals surface area contributed by atoms with Crippen molar-refractivity contribution in [3.8, 4) is 11.5 Å². The largest absolute Gasteiger partial charge is 0.483 e. The van der Waals surface area contributed by atoms with Crippen LogP contribution in [0.15, 0.2) is 70.2 Å².